The third kappa shape index (κ3) is 5.30. The molecule has 0 radical (unpaired) electrons. The van der Waals surface area contributed by atoms with Crippen LogP contribution in [0.4, 0.5) is 5.69 Å². The summed E-state index contributed by atoms with van der Waals surface area (Å²) in [5.41, 5.74) is -2.50. The largest absolute Gasteiger partial charge is 0.482 e. The van der Waals surface area contributed by atoms with Crippen molar-refractivity contribution in [2.24, 2.45) is 0 Å². The SMILES string of the molecule is CCOC(=O)COc1ccc([N+](=O)[O-])cc1C1(C(=O)O)C=C(C)NC(C)=C1C(=O)OC(C)C. The van der Waals surface area contributed by atoms with E-state index in [1.807, 2.05) is 0 Å². The molecule has 1 aliphatic rings. The van der Waals surface area contributed by atoms with Gasteiger partial charge >= 0.3 is 17.9 Å². The highest BCUT2D eigenvalue weighted by Crippen LogP contribution is 2.45. The van der Waals surface area contributed by atoms with Crippen LogP contribution in [0, 0.1) is 10.1 Å². The second kappa shape index (κ2) is 10.2. The Morgan fingerprint density at radius 1 is 1.24 bits per heavy atom. The highest BCUT2D eigenvalue weighted by molar-refractivity contribution is 6.05. The molecule has 0 saturated heterocycles. The highest BCUT2D eigenvalue weighted by Gasteiger charge is 2.51. The van der Waals surface area contributed by atoms with Crippen molar-refractivity contribution in [3.8, 4) is 5.75 Å². The number of carboxylic acids is 1. The van der Waals surface area contributed by atoms with E-state index in [4.69, 9.17) is 14.2 Å². The third-order valence-electron chi connectivity index (χ3n) is 4.72. The van der Waals surface area contributed by atoms with Gasteiger partial charge < -0.3 is 24.6 Å². The maximum atomic E-state index is 13.0. The first-order chi connectivity index (χ1) is 15.4. The molecule has 0 bridgehead atoms. The van der Waals surface area contributed by atoms with Gasteiger partial charge in [0.1, 0.15) is 5.75 Å². The molecule has 0 fully saturated rings. The zero-order valence-corrected chi connectivity index (χ0v) is 19.0. The van der Waals surface area contributed by atoms with Crippen molar-refractivity contribution in [1.29, 1.82) is 0 Å². The lowest BCUT2D eigenvalue weighted by atomic mass is 9.70. The third-order valence-corrected chi connectivity index (χ3v) is 4.72. The zero-order chi connectivity index (χ0) is 24.9. The van der Waals surface area contributed by atoms with Crippen molar-refractivity contribution in [2.45, 2.75) is 46.1 Å². The van der Waals surface area contributed by atoms with E-state index in [9.17, 15) is 29.6 Å². The Morgan fingerprint density at radius 2 is 1.91 bits per heavy atom. The minimum Gasteiger partial charge on any atom is -0.482 e. The lowest BCUT2D eigenvalue weighted by Crippen LogP contribution is -2.45. The monoisotopic (exact) mass is 462 g/mol. The van der Waals surface area contributed by atoms with Gasteiger partial charge in [-0.1, -0.05) is 0 Å². The normalized spacial score (nSPS) is 17.7. The molecule has 1 unspecified atom stereocenters. The van der Waals surface area contributed by atoms with E-state index < -0.39 is 46.6 Å². The fourth-order valence-electron chi connectivity index (χ4n) is 3.58. The number of non-ortho nitro benzene ring substituents is 1. The molecule has 0 aromatic heterocycles. The summed E-state index contributed by atoms with van der Waals surface area (Å²) in [5, 5.41) is 24.8. The number of rotatable bonds is 9. The van der Waals surface area contributed by atoms with Gasteiger partial charge in [0.15, 0.2) is 12.0 Å². The number of carbonyl (C=O) groups is 3. The van der Waals surface area contributed by atoms with Gasteiger partial charge in [0.05, 0.1) is 23.2 Å². The van der Waals surface area contributed by atoms with Crippen LogP contribution in [0.2, 0.25) is 0 Å². The molecule has 1 aromatic carbocycles. The Kier molecular flexibility index (Phi) is 7.81. The number of carbonyl (C=O) groups excluding carboxylic acids is 2. The van der Waals surface area contributed by atoms with Gasteiger partial charge in [-0.05, 0) is 46.8 Å². The topological polar surface area (TPSA) is 154 Å². The minimum absolute atomic E-state index is 0.106. The van der Waals surface area contributed by atoms with E-state index in [1.165, 1.54) is 19.1 Å². The van der Waals surface area contributed by atoms with Gasteiger partial charge in [0.25, 0.3) is 5.69 Å². The number of esters is 2. The first kappa shape index (κ1) is 25.4. The van der Waals surface area contributed by atoms with E-state index in [2.05, 4.69) is 5.32 Å². The highest BCUT2D eigenvalue weighted by atomic mass is 16.6. The number of ether oxygens (including phenoxy) is 3. The number of nitro groups is 1. The molecule has 0 spiro atoms. The first-order valence-corrected chi connectivity index (χ1v) is 10.1. The van der Waals surface area contributed by atoms with Gasteiger partial charge in [-0.15, -0.1) is 0 Å². The summed E-state index contributed by atoms with van der Waals surface area (Å²) in [6.07, 6.45) is 0.705. The fraction of sp³-hybridized carbons (Fsp3) is 0.409. The lowest BCUT2D eigenvalue weighted by Gasteiger charge is -2.35. The second-order valence-electron chi connectivity index (χ2n) is 7.55. The molecule has 1 aliphatic heterocycles. The molecule has 2 rings (SSSR count). The molecule has 0 aliphatic carbocycles. The molecule has 1 atom stereocenters. The predicted molar refractivity (Wildman–Crippen MR) is 115 cm³/mol. The minimum atomic E-state index is -2.19. The summed E-state index contributed by atoms with van der Waals surface area (Å²) < 4.78 is 15.6. The van der Waals surface area contributed by atoms with Gasteiger partial charge in [0.2, 0.25) is 0 Å². The van der Waals surface area contributed by atoms with E-state index >= 15 is 0 Å². The Morgan fingerprint density at radius 3 is 2.45 bits per heavy atom. The molecule has 11 nitrogen and oxygen atoms in total. The summed E-state index contributed by atoms with van der Waals surface area (Å²) in [7, 11) is 0. The number of carboxylic acid groups (broad SMARTS) is 1. The quantitative estimate of drug-likeness (QED) is 0.318. The summed E-state index contributed by atoms with van der Waals surface area (Å²) in [6.45, 7) is 7.45. The smallest absolute Gasteiger partial charge is 0.344 e. The molecule has 1 aromatic rings. The fourth-order valence-corrected chi connectivity index (χ4v) is 3.58. The van der Waals surface area contributed by atoms with Crippen LogP contribution < -0.4 is 10.1 Å². The Hall–Kier alpha value is -3.89. The number of hydrogen-bond donors (Lipinski definition) is 2. The van der Waals surface area contributed by atoms with Crippen LogP contribution in [0.25, 0.3) is 0 Å². The molecule has 2 N–H and O–H groups in total. The molecule has 0 amide bonds. The van der Waals surface area contributed by atoms with E-state index in [1.54, 1.807) is 27.7 Å². The van der Waals surface area contributed by atoms with Crippen molar-refractivity contribution in [3.63, 3.8) is 0 Å². The maximum absolute atomic E-state index is 13.0. The number of dihydropyridines is 1. The lowest BCUT2D eigenvalue weighted by molar-refractivity contribution is -0.385. The van der Waals surface area contributed by atoms with E-state index in [0.29, 0.717) is 5.70 Å². The van der Waals surface area contributed by atoms with E-state index in [0.717, 1.165) is 12.1 Å². The zero-order valence-electron chi connectivity index (χ0n) is 19.0. The number of benzene rings is 1. The van der Waals surface area contributed by atoms with Crippen LogP contribution in [-0.2, 0) is 29.3 Å². The molecule has 11 heteroatoms. The molecular weight excluding hydrogens is 436 g/mol. The number of aliphatic carboxylic acids is 1. The van der Waals surface area contributed by atoms with Crippen molar-refractivity contribution in [3.05, 3.63) is 56.9 Å². The van der Waals surface area contributed by atoms with Crippen LogP contribution in [0.1, 0.15) is 40.2 Å². The van der Waals surface area contributed by atoms with Crippen molar-refractivity contribution in [1.82, 2.24) is 5.32 Å². The van der Waals surface area contributed by atoms with Crippen LogP contribution in [0.3, 0.4) is 0 Å². The standard InChI is InChI=1S/C22H26N2O9/c1-6-31-18(25)11-32-17-8-7-15(24(29)30)9-16(17)22(21(27)28)10-13(4)23-14(5)19(22)20(26)33-12(2)3/h7-10,12,23H,6,11H2,1-5H3,(H,27,28). The van der Waals surface area contributed by atoms with Crippen molar-refractivity contribution in [2.75, 3.05) is 13.2 Å². The second-order valence-corrected chi connectivity index (χ2v) is 7.55. The van der Waals surface area contributed by atoms with Crippen LogP contribution in [0.15, 0.2) is 41.2 Å². The molecule has 1 heterocycles. The first-order valence-electron chi connectivity index (χ1n) is 10.1. The summed E-state index contributed by atoms with van der Waals surface area (Å²) in [5.74, 6) is -3.25. The van der Waals surface area contributed by atoms with Crippen molar-refractivity contribution < 1.29 is 38.6 Å². The number of hydrogen-bond acceptors (Lipinski definition) is 9. The van der Waals surface area contributed by atoms with Crippen LogP contribution in [0.5, 0.6) is 5.75 Å². The number of nitrogens with zero attached hydrogens (tertiary/aromatic N) is 1. The Labute approximate surface area is 190 Å². The summed E-state index contributed by atoms with van der Waals surface area (Å²) in [4.78, 5) is 48.4. The maximum Gasteiger partial charge on any atom is 0.344 e. The Bertz CT molecular complexity index is 1040. The van der Waals surface area contributed by atoms with Gasteiger partial charge in [-0.3, -0.25) is 14.9 Å². The van der Waals surface area contributed by atoms with Gasteiger partial charge in [0, 0.05) is 29.1 Å². The van der Waals surface area contributed by atoms with Crippen molar-refractivity contribution >= 4 is 23.6 Å². The van der Waals surface area contributed by atoms with Crippen LogP contribution >= 0.6 is 0 Å². The van der Waals surface area contributed by atoms with Crippen LogP contribution in [-0.4, -0.2) is 47.3 Å². The number of nitrogens with one attached hydrogen (secondary N) is 1. The molecule has 33 heavy (non-hydrogen) atoms. The number of nitro benzene ring substituents is 1. The average Bonchev–Trinajstić information content (AvgIpc) is 2.70. The number of allylic oxidation sites excluding steroid dienone is 2. The average molecular weight is 462 g/mol. The molecule has 178 valence electrons. The molecule has 0 saturated carbocycles. The Balaban J connectivity index is 2.82. The predicted octanol–water partition coefficient (Wildman–Crippen LogP) is 2.59. The van der Waals surface area contributed by atoms with Gasteiger partial charge in [-0.2, -0.15) is 0 Å². The molecular formula is C22H26N2O9. The summed E-state index contributed by atoms with van der Waals surface area (Å²) >= 11 is 0. The van der Waals surface area contributed by atoms with E-state index in [-0.39, 0.29) is 29.2 Å². The summed E-state index contributed by atoms with van der Waals surface area (Å²) in [6, 6.07) is 3.31. The van der Waals surface area contributed by atoms with Gasteiger partial charge in [-0.25, -0.2) is 9.59 Å².